The number of hydrogen-bond acceptors (Lipinski definition) is 5. The Hall–Kier alpha value is -2.11. The van der Waals surface area contributed by atoms with Crippen LogP contribution >= 0.6 is 0 Å². The molecular weight excluding hydrogens is 265 g/mol. The summed E-state index contributed by atoms with van der Waals surface area (Å²) < 4.78 is 23.7. The maximum absolute atomic E-state index is 13.8. The van der Waals surface area contributed by atoms with Crippen LogP contribution in [0.15, 0.2) is 18.2 Å². The van der Waals surface area contributed by atoms with Crippen molar-refractivity contribution >= 4 is 17.6 Å². The molecule has 0 aliphatic carbocycles. The maximum atomic E-state index is 13.8. The summed E-state index contributed by atoms with van der Waals surface area (Å²) in [6, 6.07) is 4.05. The number of rotatable bonds is 3. The van der Waals surface area contributed by atoms with Crippen molar-refractivity contribution < 1.29 is 23.5 Å². The number of esters is 2. The molecule has 6 heteroatoms. The van der Waals surface area contributed by atoms with E-state index >= 15 is 0 Å². The smallest absolute Gasteiger partial charge is 0.347 e. The number of nitrogens with zero attached hydrogens (tertiary/aromatic N) is 1. The lowest BCUT2D eigenvalue weighted by atomic mass is 10.2. The monoisotopic (exact) mass is 281 g/mol. The SMILES string of the molecule is C[C@@H]1C[C@@H](OC(=O)c2ccc(N(C)C)c(F)c2)C(=O)O1. The quantitative estimate of drug-likeness (QED) is 0.790. The highest BCUT2D eigenvalue weighted by Crippen LogP contribution is 2.21. The van der Waals surface area contributed by atoms with Crippen LogP contribution in [-0.4, -0.2) is 38.2 Å². The second-order valence-corrected chi connectivity index (χ2v) is 4.94. The molecule has 2 atom stereocenters. The van der Waals surface area contributed by atoms with Gasteiger partial charge in [0.2, 0.25) is 6.10 Å². The lowest BCUT2D eigenvalue weighted by Gasteiger charge is -2.14. The van der Waals surface area contributed by atoms with E-state index < -0.39 is 23.9 Å². The van der Waals surface area contributed by atoms with Gasteiger partial charge in [0, 0.05) is 20.5 Å². The molecule has 1 fully saturated rings. The maximum Gasteiger partial charge on any atom is 0.347 e. The molecule has 0 amide bonds. The molecule has 0 bridgehead atoms. The third-order valence-corrected chi connectivity index (χ3v) is 3.04. The van der Waals surface area contributed by atoms with Gasteiger partial charge in [-0.2, -0.15) is 0 Å². The molecule has 20 heavy (non-hydrogen) atoms. The van der Waals surface area contributed by atoms with Gasteiger partial charge in [0.25, 0.3) is 0 Å². The highest BCUT2D eigenvalue weighted by Gasteiger charge is 2.35. The van der Waals surface area contributed by atoms with Gasteiger partial charge >= 0.3 is 11.9 Å². The average Bonchev–Trinajstić information content (AvgIpc) is 2.67. The molecule has 1 aliphatic rings. The Bertz CT molecular complexity index is 544. The van der Waals surface area contributed by atoms with Crippen molar-refractivity contribution in [3.05, 3.63) is 29.6 Å². The Labute approximate surface area is 116 Å². The lowest BCUT2D eigenvalue weighted by molar-refractivity contribution is -0.147. The Morgan fingerprint density at radius 2 is 2.15 bits per heavy atom. The zero-order valence-corrected chi connectivity index (χ0v) is 11.6. The number of halogens is 1. The van der Waals surface area contributed by atoms with Crippen molar-refractivity contribution in [3.63, 3.8) is 0 Å². The van der Waals surface area contributed by atoms with Crippen LogP contribution in [0.5, 0.6) is 0 Å². The molecule has 0 saturated carbocycles. The number of carbonyl (C=O) groups is 2. The minimum absolute atomic E-state index is 0.0699. The van der Waals surface area contributed by atoms with Crippen molar-refractivity contribution in [2.45, 2.75) is 25.6 Å². The second-order valence-electron chi connectivity index (χ2n) is 4.94. The zero-order valence-electron chi connectivity index (χ0n) is 11.6. The molecule has 0 unspecified atom stereocenters. The summed E-state index contributed by atoms with van der Waals surface area (Å²) in [6.45, 7) is 1.72. The Morgan fingerprint density at radius 3 is 2.65 bits per heavy atom. The van der Waals surface area contributed by atoms with Crippen LogP contribution in [0, 0.1) is 5.82 Å². The first-order chi connectivity index (χ1) is 9.38. The summed E-state index contributed by atoms with van der Waals surface area (Å²) in [5.41, 5.74) is 0.441. The fourth-order valence-corrected chi connectivity index (χ4v) is 2.01. The molecular formula is C14H16FNO4. The largest absolute Gasteiger partial charge is 0.460 e. The second kappa shape index (κ2) is 5.48. The van der Waals surface area contributed by atoms with E-state index in [2.05, 4.69) is 0 Å². The summed E-state index contributed by atoms with van der Waals surface area (Å²) in [4.78, 5) is 24.9. The van der Waals surface area contributed by atoms with Gasteiger partial charge in [-0.15, -0.1) is 0 Å². The zero-order chi connectivity index (χ0) is 14.9. The molecule has 108 valence electrons. The summed E-state index contributed by atoms with van der Waals surface area (Å²) in [5, 5.41) is 0. The van der Waals surface area contributed by atoms with E-state index in [0.29, 0.717) is 12.1 Å². The van der Waals surface area contributed by atoms with Gasteiger partial charge in [0.15, 0.2) is 0 Å². The average molecular weight is 281 g/mol. The first-order valence-electron chi connectivity index (χ1n) is 6.27. The predicted molar refractivity (Wildman–Crippen MR) is 70.1 cm³/mol. The molecule has 0 aromatic heterocycles. The highest BCUT2D eigenvalue weighted by atomic mass is 19.1. The Morgan fingerprint density at radius 1 is 1.45 bits per heavy atom. The molecule has 1 heterocycles. The van der Waals surface area contributed by atoms with E-state index in [1.807, 2.05) is 0 Å². The molecule has 0 radical (unpaired) electrons. The van der Waals surface area contributed by atoms with Gasteiger partial charge in [0.05, 0.1) is 11.3 Å². The normalized spacial score (nSPS) is 21.5. The van der Waals surface area contributed by atoms with Gasteiger partial charge < -0.3 is 14.4 Å². The van der Waals surface area contributed by atoms with Crippen molar-refractivity contribution in [2.75, 3.05) is 19.0 Å². The Kier molecular flexibility index (Phi) is 3.92. The van der Waals surface area contributed by atoms with Gasteiger partial charge in [-0.05, 0) is 25.1 Å². The van der Waals surface area contributed by atoms with Crippen LogP contribution in [0.3, 0.4) is 0 Å². The molecule has 1 aromatic carbocycles. The van der Waals surface area contributed by atoms with Crippen molar-refractivity contribution in [1.82, 2.24) is 0 Å². The highest BCUT2D eigenvalue weighted by molar-refractivity contribution is 5.92. The van der Waals surface area contributed by atoms with E-state index in [4.69, 9.17) is 9.47 Å². The summed E-state index contributed by atoms with van der Waals surface area (Å²) in [6.07, 6.45) is -0.856. The predicted octanol–water partition coefficient (Wildman–Crippen LogP) is 1.75. The fourth-order valence-electron chi connectivity index (χ4n) is 2.01. The van der Waals surface area contributed by atoms with Crippen molar-refractivity contribution in [1.29, 1.82) is 0 Å². The van der Waals surface area contributed by atoms with E-state index in [-0.39, 0.29) is 11.7 Å². The topological polar surface area (TPSA) is 55.8 Å². The van der Waals surface area contributed by atoms with Crippen LogP contribution in [0.2, 0.25) is 0 Å². The summed E-state index contributed by atoms with van der Waals surface area (Å²) >= 11 is 0. The molecule has 2 rings (SSSR count). The van der Waals surface area contributed by atoms with Gasteiger partial charge in [-0.3, -0.25) is 0 Å². The molecule has 5 nitrogen and oxygen atoms in total. The van der Waals surface area contributed by atoms with Gasteiger partial charge in [0.1, 0.15) is 11.9 Å². The van der Waals surface area contributed by atoms with Crippen LogP contribution in [0.4, 0.5) is 10.1 Å². The Balaban J connectivity index is 2.10. The summed E-state index contributed by atoms with van der Waals surface area (Å²) in [5.74, 6) is -1.81. The number of anilines is 1. The van der Waals surface area contributed by atoms with Crippen LogP contribution in [0.25, 0.3) is 0 Å². The van der Waals surface area contributed by atoms with Crippen LogP contribution < -0.4 is 4.90 Å². The number of hydrogen-bond donors (Lipinski definition) is 0. The summed E-state index contributed by atoms with van der Waals surface area (Å²) in [7, 11) is 3.40. The molecule has 0 spiro atoms. The van der Waals surface area contributed by atoms with E-state index in [1.54, 1.807) is 25.9 Å². The number of benzene rings is 1. The number of carbonyl (C=O) groups excluding carboxylic acids is 2. The molecule has 1 saturated heterocycles. The molecule has 1 aromatic rings. The lowest BCUT2D eigenvalue weighted by Crippen LogP contribution is -2.23. The molecule has 0 N–H and O–H groups in total. The number of ether oxygens (including phenoxy) is 2. The van der Waals surface area contributed by atoms with E-state index in [0.717, 1.165) is 6.07 Å². The fraction of sp³-hybridized carbons (Fsp3) is 0.429. The minimum Gasteiger partial charge on any atom is -0.460 e. The van der Waals surface area contributed by atoms with Crippen LogP contribution in [0.1, 0.15) is 23.7 Å². The standard InChI is InChI=1S/C14H16FNO4/c1-8-6-12(14(18)19-8)20-13(17)9-4-5-11(16(2)3)10(15)7-9/h4-5,7-8,12H,6H2,1-3H3/t8-,12-/m1/s1. The molecule has 1 aliphatic heterocycles. The first-order valence-corrected chi connectivity index (χ1v) is 6.27. The third kappa shape index (κ3) is 2.89. The van der Waals surface area contributed by atoms with Crippen LogP contribution in [-0.2, 0) is 14.3 Å². The third-order valence-electron chi connectivity index (χ3n) is 3.04. The van der Waals surface area contributed by atoms with Gasteiger partial charge in [-0.1, -0.05) is 0 Å². The number of cyclic esters (lactones) is 1. The minimum atomic E-state index is -0.908. The van der Waals surface area contributed by atoms with Crippen molar-refractivity contribution in [3.8, 4) is 0 Å². The van der Waals surface area contributed by atoms with Crippen molar-refractivity contribution in [2.24, 2.45) is 0 Å². The van der Waals surface area contributed by atoms with E-state index in [9.17, 15) is 14.0 Å². The first kappa shape index (κ1) is 14.3. The van der Waals surface area contributed by atoms with Gasteiger partial charge in [-0.25, -0.2) is 14.0 Å². The van der Waals surface area contributed by atoms with E-state index in [1.165, 1.54) is 12.1 Å².